The van der Waals surface area contributed by atoms with Crippen molar-refractivity contribution in [3.63, 3.8) is 0 Å². The van der Waals surface area contributed by atoms with Gasteiger partial charge in [0.25, 0.3) is 0 Å². The number of rotatable bonds is 30. The Morgan fingerprint density at radius 2 is 0.894 bits per heavy atom. The second kappa shape index (κ2) is 32.7. The molecule has 0 heterocycles. The van der Waals surface area contributed by atoms with Gasteiger partial charge in [0.15, 0.2) is 0 Å². The Kier molecular flexibility index (Phi) is 31.4. The third-order valence-corrected chi connectivity index (χ3v) is 14.5. The first-order valence-corrected chi connectivity index (χ1v) is 22.4. The highest BCUT2D eigenvalue weighted by Crippen LogP contribution is 2.61. The first-order chi connectivity index (χ1) is 22.9. The first-order valence-electron chi connectivity index (χ1n) is 19.8. The summed E-state index contributed by atoms with van der Waals surface area (Å²) in [7, 11) is -0.697. The van der Waals surface area contributed by atoms with E-state index in [9.17, 15) is 9.90 Å². The van der Waals surface area contributed by atoms with Crippen LogP contribution in [0.1, 0.15) is 187 Å². The van der Waals surface area contributed by atoms with Gasteiger partial charge in [-0.15, -0.1) is 0 Å². The summed E-state index contributed by atoms with van der Waals surface area (Å²) < 4.78 is 0. The molecule has 0 saturated heterocycles. The molecular weight excluding hydrogens is 597 g/mol. The summed E-state index contributed by atoms with van der Waals surface area (Å²) in [5.41, 5.74) is 0.0687. The van der Waals surface area contributed by atoms with Crippen molar-refractivity contribution >= 4 is 19.3 Å². The number of carbonyl (C=O) groups is 1. The van der Waals surface area contributed by atoms with Gasteiger partial charge in [-0.2, -0.15) is 5.26 Å². The number of aliphatic carboxylic acids is 1. The van der Waals surface area contributed by atoms with Crippen molar-refractivity contribution in [2.45, 2.75) is 182 Å². The molecule has 1 aromatic carbocycles. The van der Waals surface area contributed by atoms with Crippen LogP contribution in [0.2, 0.25) is 0 Å². The van der Waals surface area contributed by atoms with Crippen LogP contribution in [0.15, 0.2) is 29.8 Å². The number of unbranched alkanes of at least 4 members (excludes halogenated alkanes) is 20. The zero-order valence-corrected chi connectivity index (χ0v) is 32.2. The van der Waals surface area contributed by atoms with E-state index >= 15 is 0 Å². The molecule has 0 aliphatic rings. The zero-order valence-electron chi connectivity index (χ0n) is 31.3. The molecule has 0 fully saturated rings. The van der Waals surface area contributed by atoms with E-state index in [0.717, 1.165) is 0 Å². The smallest absolute Gasteiger partial charge is 0.115 e. The van der Waals surface area contributed by atoms with Gasteiger partial charge in [-0.3, -0.25) is 0 Å². The molecule has 0 aromatic heterocycles. The third kappa shape index (κ3) is 26.8. The van der Waals surface area contributed by atoms with Gasteiger partial charge in [0, 0.05) is 7.26 Å². The minimum atomic E-state index is -1.51. The summed E-state index contributed by atoms with van der Waals surface area (Å²) in [5.74, 6) is -1.44. The average Bonchev–Trinajstić information content (AvgIpc) is 3.07. The van der Waals surface area contributed by atoms with E-state index in [4.69, 9.17) is 10.4 Å². The van der Waals surface area contributed by atoms with Crippen LogP contribution in [-0.2, 0) is 4.79 Å². The summed E-state index contributed by atoms with van der Waals surface area (Å²) in [4.78, 5) is 10.4. The lowest BCUT2D eigenvalue weighted by Gasteiger charge is -2.28. The van der Waals surface area contributed by atoms with E-state index in [1.807, 2.05) is 0 Å². The number of hydrogen-bond acceptors (Lipinski definition) is 4. The van der Waals surface area contributed by atoms with E-state index in [2.05, 4.69) is 27.7 Å². The number of phenols is 1. The molecule has 4 nitrogen and oxygen atoms in total. The quantitative estimate of drug-likeness (QED) is 0.0382. The van der Waals surface area contributed by atoms with Crippen LogP contribution in [0.25, 0.3) is 6.08 Å². The number of carbonyl (C=O) groups excluding carboxylic acids is 1. The van der Waals surface area contributed by atoms with Crippen LogP contribution in [-0.4, -0.2) is 35.7 Å². The SMILES string of the molecule is CCCCCCCCCCCCCC[P+](CCCCCC)(CCCCCC)CCCCCC.N#CC(=Cc1ccc(O)cc1)C(=O)[O-]. The van der Waals surface area contributed by atoms with Crippen molar-refractivity contribution in [3.05, 3.63) is 35.4 Å². The molecule has 0 aliphatic carbocycles. The van der Waals surface area contributed by atoms with Crippen molar-refractivity contribution in [1.82, 2.24) is 0 Å². The van der Waals surface area contributed by atoms with Gasteiger partial charge in [0.2, 0.25) is 0 Å². The Hall–Kier alpha value is -1.85. The maximum absolute atomic E-state index is 10.4. The minimum Gasteiger partial charge on any atom is -0.544 e. The van der Waals surface area contributed by atoms with Gasteiger partial charge in [-0.05, 0) is 75.1 Å². The second-order valence-electron chi connectivity index (χ2n) is 13.9. The second-order valence-corrected chi connectivity index (χ2v) is 18.3. The average molecular weight is 672 g/mol. The van der Waals surface area contributed by atoms with E-state index in [-0.39, 0.29) is 5.75 Å². The molecule has 5 heteroatoms. The lowest BCUT2D eigenvalue weighted by molar-refractivity contribution is -0.298. The van der Waals surface area contributed by atoms with Crippen LogP contribution in [0.4, 0.5) is 0 Å². The van der Waals surface area contributed by atoms with Crippen molar-refractivity contribution in [2.75, 3.05) is 24.6 Å². The molecule has 1 aromatic rings. The topological polar surface area (TPSA) is 84.1 Å². The van der Waals surface area contributed by atoms with Crippen molar-refractivity contribution < 1.29 is 15.0 Å². The van der Waals surface area contributed by atoms with Crippen LogP contribution in [0.3, 0.4) is 0 Å². The number of nitriles is 1. The van der Waals surface area contributed by atoms with Gasteiger partial charge in [0.1, 0.15) is 11.8 Å². The molecule has 1 rings (SSSR count). The fourth-order valence-electron chi connectivity index (χ4n) is 6.46. The number of benzene rings is 1. The summed E-state index contributed by atoms with van der Waals surface area (Å²) in [6.45, 7) is 9.41. The van der Waals surface area contributed by atoms with Crippen LogP contribution >= 0.6 is 7.26 Å². The highest BCUT2D eigenvalue weighted by Gasteiger charge is 2.34. The van der Waals surface area contributed by atoms with E-state index < -0.39 is 18.8 Å². The van der Waals surface area contributed by atoms with Crippen LogP contribution < -0.4 is 5.11 Å². The molecule has 0 bridgehead atoms. The Morgan fingerprint density at radius 1 is 0.596 bits per heavy atom. The fourth-order valence-corrected chi connectivity index (χ4v) is 11.4. The number of carboxylic acids is 1. The number of aromatic hydroxyl groups is 1. The highest BCUT2D eigenvalue weighted by molar-refractivity contribution is 7.75. The Bertz CT molecular complexity index is 890. The molecule has 0 saturated carbocycles. The molecule has 0 atom stereocenters. The van der Waals surface area contributed by atoms with Gasteiger partial charge in [0.05, 0.1) is 36.2 Å². The molecule has 0 radical (unpaired) electrons. The lowest BCUT2D eigenvalue weighted by atomic mass is 10.1. The predicted octanol–water partition coefficient (Wildman–Crippen LogP) is 12.5. The largest absolute Gasteiger partial charge is 0.544 e. The van der Waals surface area contributed by atoms with Crippen molar-refractivity contribution in [2.24, 2.45) is 0 Å². The fraction of sp³-hybridized carbons (Fsp3) is 0.762. The van der Waals surface area contributed by atoms with Crippen LogP contribution in [0.5, 0.6) is 5.75 Å². The summed E-state index contributed by atoms with van der Waals surface area (Å²) in [5, 5.41) is 27.7. The summed E-state index contributed by atoms with van der Waals surface area (Å²) in [6.07, 6.45) is 43.3. The van der Waals surface area contributed by atoms with Crippen LogP contribution in [0, 0.1) is 11.3 Å². The Morgan fingerprint density at radius 3 is 1.19 bits per heavy atom. The van der Waals surface area contributed by atoms with Gasteiger partial charge < -0.3 is 15.0 Å². The predicted molar refractivity (Wildman–Crippen MR) is 207 cm³/mol. The normalized spacial score (nSPS) is 11.6. The first kappa shape index (κ1) is 45.2. The number of hydrogen-bond donors (Lipinski definition) is 1. The molecular formula is C42H74NO3P. The molecule has 0 unspecified atom stereocenters. The standard InChI is InChI=1S/C32H68P.C10H7NO3/c1-5-9-13-17-18-19-20-21-22-23-24-28-32-33(29-25-14-10-6-2,30-26-15-11-7-3)31-27-16-12-8-4;11-6-8(10(13)14)5-7-1-3-9(12)4-2-7/h5-32H2,1-4H3;1-5,12H,(H,13,14)/q+1;/p-1. The maximum atomic E-state index is 10.4. The van der Waals surface area contributed by atoms with Gasteiger partial charge in [-0.25, -0.2) is 0 Å². The van der Waals surface area contributed by atoms with Gasteiger partial charge >= 0.3 is 0 Å². The lowest BCUT2D eigenvalue weighted by Crippen LogP contribution is -2.23. The summed E-state index contributed by atoms with van der Waals surface area (Å²) in [6, 6.07) is 7.29. The number of carboxylic acid groups (broad SMARTS) is 1. The zero-order chi connectivity index (χ0) is 34.9. The highest BCUT2D eigenvalue weighted by atomic mass is 31.2. The molecule has 0 amide bonds. The number of phenolic OH excluding ortho intramolecular Hbond substituents is 1. The third-order valence-electron chi connectivity index (χ3n) is 9.49. The maximum Gasteiger partial charge on any atom is 0.115 e. The monoisotopic (exact) mass is 672 g/mol. The summed E-state index contributed by atoms with van der Waals surface area (Å²) >= 11 is 0. The molecule has 0 spiro atoms. The Balaban J connectivity index is 0.00000125. The van der Waals surface area contributed by atoms with E-state index in [1.54, 1.807) is 50.3 Å². The van der Waals surface area contributed by atoms with Gasteiger partial charge in [-0.1, -0.05) is 143 Å². The Labute approximate surface area is 292 Å². The molecule has 0 aliphatic heterocycles. The minimum absolute atomic E-state index is 0.0779. The van der Waals surface area contributed by atoms with E-state index in [0.29, 0.717) is 5.56 Å². The van der Waals surface area contributed by atoms with E-state index in [1.165, 1.54) is 165 Å². The van der Waals surface area contributed by atoms with Crippen molar-refractivity contribution in [3.8, 4) is 11.8 Å². The molecule has 270 valence electrons. The molecule has 1 N–H and O–H groups in total. The molecule has 47 heavy (non-hydrogen) atoms. The number of nitrogens with zero attached hydrogens (tertiary/aromatic N) is 1. The van der Waals surface area contributed by atoms with Crippen molar-refractivity contribution in [1.29, 1.82) is 5.26 Å².